The first kappa shape index (κ1) is 33.1. The molecular formula is C39H42N6O5. The summed E-state index contributed by atoms with van der Waals surface area (Å²) < 4.78 is 1.91. The summed E-state index contributed by atoms with van der Waals surface area (Å²) in [6.45, 7) is 10.7. The third kappa shape index (κ3) is 6.59. The maximum absolute atomic E-state index is 13.9. The number of amides is 2. The topological polar surface area (TPSA) is 121 Å². The lowest BCUT2D eigenvalue weighted by Crippen LogP contribution is -2.49. The van der Waals surface area contributed by atoms with Crippen LogP contribution >= 0.6 is 0 Å². The van der Waals surface area contributed by atoms with E-state index in [0.717, 1.165) is 35.6 Å². The molecule has 0 spiro atoms. The monoisotopic (exact) mass is 674 g/mol. The SMILES string of the molecule is CC(C)(C)c1ccc(C(=O)Nc2cc(C(=O)N3CCN(c4ccc([N+](=O)[O-])cc4)CC3)ccc2N2C[C@H]3C[C@@H](C2)c2cccc(=O)n2C3)cc1. The minimum Gasteiger partial charge on any atom is -0.369 e. The smallest absolute Gasteiger partial charge is 0.269 e. The van der Waals surface area contributed by atoms with Gasteiger partial charge < -0.3 is 24.6 Å². The fraction of sp³-hybridized carbons (Fsp3) is 0.359. The highest BCUT2D eigenvalue weighted by molar-refractivity contribution is 6.07. The number of non-ortho nitro benzene ring substituents is 1. The largest absolute Gasteiger partial charge is 0.369 e. The van der Waals surface area contributed by atoms with Crippen LogP contribution in [0.1, 0.15) is 65.1 Å². The molecule has 2 atom stereocenters. The molecule has 7 rings (SSSR count). The molecule has 0 aliphatic carbocycles. The Labute approximate surface area is 291 Å². The number of piperidine rings is 1. The molecule has 0 saturated carbocycles. The fourth-order valence-electron chi connectivity index (χ4n) is 7.59. The van der Waals surface area contributed by atoms with Gasteiger partial charge >= 0.3 is 0 Å². The van der Waals surface area contributed by atoms with Gasteiger partial charge in [-0.05, 0) is 71.8 Å². The number of fused-ring (bicyclic) bond motifs is 4. The maximum atomic E-state index is 13.9. The second kappa shape index (κ2) is 13.1. The van der Waals surface area contributed by atoms with E-state index in [2.05, 4.69) is 35.9 Å². The highest BCUT2D eigenvalue weighted by atomic mass is 16.6. The lowest BCUT2D eigenvalue weighted by Gasteiger charge is -2.44. The van der Waals surface area contributed by atoms with Crippen LogP contribution < -0.4 is 20.7 Å². The van der Waals surface area contributed by atoms with E-state index in [1.54, 1.807) is 24.3 Å². The van der Waals surface area contributed by atoms with Crippen molar-refractivity contribution in [3.05, 3.63) is 128 Å². The van der Waals surface area contributed by atoms with E-state index >= 15 is 0 Å². The normalized spacial score (nSPS) is 18.7. The van der Waals surface area contributed by atoms with Gasteiger partial charge in [0.2, 0.25) is 0 Å². The van der Waals surface area contributed by atoms with Gasteiger partial charge in [0.15, 0.2) is 0 Å². The number of carbonyl (C=O) groups is 2. The van der Waals surface area contributed by atoms with Crippen LogP contribution in [0.4, 0.5) is 22.7 Å². The second-order valence-corrected chi connectivity index (χ2v) is 14.7. The van der Waals surface area contributed by atoms with E-state index in [1.165, 1.54) is 12.1 Å². The van der Waals surface area contributed by atoms with E-state index in [1.807, 2.05) is 58.0 Å². The zero-order valence-electron chi connectivity index (χ0n) is 28.7. The molecule has 2 amide bonds. The molecule has 11 nitrogen and oxygen atoms in total. The zero-order valence-corrected chi connectivity index (χ0v) is 28.7. The van der Waals surface area contributed by atoms with E-state index in [9.17, 15) is 24.5 Å². The van der Waals surface area contributed by atoms with Crippen LogP contribution in [-0.2, 0) is 12.0 Å². The molecule has 258 valence electrons. The van der Waals surface area contributed by atoms with Crippen molar-refractivity contribution in [1.82, 2.24) is 9.47 Å². The van der Waals surface area contributed by atoms with Gasteiger partial charge in [0.25, 0.3) is 23.1 Å². The number of hydrogen-bond donors (Lipinski definition) is 1. The predicted molar refractivity (Wildman–Crippen MR) is 195 cm³/mol. The number of aromatic nitrogens is 1. The highest BCUT2D eigenvalue weighted by Crippen LogP contribution is 2.39. The van der Waals surface area contributed by atoms with Crippen LogP contribution in [0.2, 0.25) is 0 Å². The molecule has 1 aromatic heterocycles. The molecular weight excluding hydrogens is 632 g/mol. The van der Waals surface area contributed by atoms with E-state index in [0.29, 0.717) is 56.1 Å². The summed E-state index contributed by atoms with van der Waals surface area (Å²) in [5.74, 6) is 0.0947. The summed E-state index contributed by atoms with van der Waals surface area (Å²) in [5.41, 5.74) is 5.55. The number of rotatable bonds is 6. The average molecular weight is 675 g/mol. The third-order valence-electron chi connectivity index (χ3n) is 10.3. The standard InChI is InChI=1S/C39H42N6O5/c1-39(2,3)30-10-7-27(8-11-30)37(47)40-33-22-28(38(48)42-19-17-41(18-20-42)31-12-14-32(15-13-31)45(49)50)9-16-35(33)43-23-26-21-29(25-43)34-5-4-6-36(46)44(34)24-26/h4-16,22,26,29H,17-21,23-25H2,1-3H3,(H,40,47)/t26-,29+/m1/s1. The average Bonchev–Trinajstić information content (AvgIpc) is 3.11. The van der Waals surface area contributed by atoms with Gasteiger partial charge in [-0.25, -0.2) is 0 Å². The lowest BCUT2D eigenvalue weighted by atomic mass is 9.83. The summed E-state index contributed by atoms with van der Waals surface area (Å²) in [5, 5.41) is 14.2. The Morgan fingerprint density at radius 3 is 2.20 bits per heavy atom. The van der Waals surface area contributed by atoms with Gasteiger partial charge in [-0.1, -0.05) is 39.0 Å². The number of nitrogens with zero attached hydrogens (tertiary/aromatic N) is 5. The molecule has 0 radical (unpaired) electrons. The van der Waals surface area contributed by atoms with Crippen molar-refractivity contribution in [3.63, 3.8) is 0 Å². The number of hydrogen-bond acceptors (Lipinski definition) is 7. The molecule has 50 heavy (non-hydrogen) atoms. The van der Waals surface area contributed by atoms with Gasteiger partial charge in [-0.15, -0.1) is 0 Å². The summed E-state index contributed by atoms with van der Waals surface area (Å²) in [6.07, 6.45) is 1.00. The van der Waals surface area contributed by atoms with Crippen LogP contribution in [0.5, 0.6) is 0 Å². The first-order chi connectivity index (χ1) is 23.9. The molecule has 1 N–H and O–H groups in total. The van der Waals surface area contributed by atoms with Crippen molar-refractivity contribution >= 4 is 34.6 Å². The van der Waals surface area contributed by atoms with Crippen LogP contribution in [0.15, 0.2) is 89.7 Å². The summed E-state index contributed by atoms with van der Waals surface area (Å²) in [4.78, 5) is 57.1. The maximum Gasteiger partial charge on any atom is 0.269 e. The minimum absolute atomic E-state index is 0.0347. The molecule has 3 aromatic carbocycles. The minimum atomic E-state index is -0.413. The lowest BCUT2D eigenvalue weighted by molar-refractivity contribution is -0.384. The van der Waals surface area contributed by atoms with Gasteiger partial charge in [-0.2, -0.15) is 0 Å². The van der Waals surface area contributed by atoms with Crippen molar-refractivity contribution in [2.75, 3.05) is 54.4 Å². The Kier molecular flexibility index (Phi) is 8.67. The number of carbonyl (C=O) groups excluding carboxylic acids is 2. The van der Waals surface area contributed by atoms with Crippen molar-refractivity contribution in [2.45, 2.75) is 45.1 Å². The summed E-state index contributed by atoms with van der Waals surface area (Å²) in [6, 6.07) is 25.2. The molecule has 4 aromatic rings. The van der Waals surface area contributed by atoms with E-state index < -0.39 is 4.92 Å². The van der Waals surface area contributed by atoms with Crippen molar-refractivity contribution in [2.24, 2.45) is 5.92 Å². The zero-order chi connectivity index (χ0) is 35.2. The number of nitrogens with one attached hydrogen (secondary N) is 1. The quantitative estimate of drug-likeness (QED) is 0.200. The van der Waals surface area contributed by atoms with E-state index in [-0.39, 0.29) is 40.3 Å². The van der Waals surface area contributed by atoms with Gasteiger partial charge in [-0.3, -0.25) is 24.5 Å². The van der Waals surface area contributed by atoms with Crippen LogP contribution in [-0.4, -0.2) is 65.5 Å². The van der Waals surface area contributed by atoms with Crippen molar-refractivity contribution in [1.29, 1.82) is 0 Å². The Bertz CT molecular complexity index is 1990. The Morgan fingerprint density at radius 2 is 1.52 bits per heavy atom. The predicted octanol–water partition coefficient (Wildman–Crippen LogP) is 5.89. The molecule has 0 unspecified atom stereocenters. The molecule has 2 fully saturated rings. The molecule has 11 heteroatoms. The first-order valence-electron chi connectivity index (χ1n) is 17.2. The number of nitro benzene ring substituents is 1. The Balaban J connectivity index is 1.13. The third-order valence-corrected chi connectivity index (χ3v) is 10.3. The van der Waals surface area contributed by atoms with Crippen molar-refractivity contribution < 1.29 is 14.5 Å². The van der Waals surface area contributed by atoms with E-state index in [4.69, 9.17) is 0 Å². The molecule has 4 heterocycles. The van der Waals surface area contributed by atoms with Crippen LogP contribution in [0.3, 0.4) is 0 Å². The fourth-order valence-corrected chi connectivity index (χ4v) is 7.59. The number of nitro groups is 1. The summed E-state index contributed by atoms with van der Waals surface area (Å²) >= 11 is 0. The van der Waals surface area contributed by atoms with Crippen LogP contribution in [0, 0.1) is 16.0 Å². The molecule has 3 aliphatic rings. The number of anilines is 3. The second-order valence-electron chi connectivity index (χ2n) is 14.7. The Morgan fingerprint density at radius 1 is 0.820 bits per heavy atom. The highest BCUT2D eigenvalue weighted by Gasteiger charge is 2.36. The van der Waals surface area contributed by atoms with Crippen molar-refractivity contribution in [3.8, 4) is 0 Å². The van der Waals surface area contributed by atoms with Gasteiger partial charge in [0, 0.05) is 92.4 Å². The van der Waals surface area contributed by atoms with Crippen LogP contribution in [0.25, 0.3) is 0 Å². The Hall–Kier alpha value is -5.45. The van der Waals surface area contributed by atoms with Gasteiger partial charge in [0.05, 0.1) is 16.3 Å². The number of pyridine rings is 1. The number of benzene rings is 3. The van der Waals surface area contributed by atoms with Gasteiger partial charge in [0.1, 0.15) is 0 Å². The number of piperazine rings is 1. The molecule has 2 bridgehead atoms. The summed E-state index contributed by atoms with van der Waals surface area (Å²) in [7, 11) is 0. The molecule has 2 saturated heterocycles. The molecule has 3 aliphatic heterocycles. The first-order valence-corrected chi connectivity index (χ1v) is 17.2.